The molecule has 1 aliphatic carbocycles. The van der Waals surface area contributed by atoms with Crippen molar-refractivity contribution >= 4 is 11.0 Å². The van der Waals surface area contributed by atoms with Gasteiger partial charge in [-0.15, -0.1) is 0 Å². The summed E-state index contributed by atoms with van der Waals surface area (Å²) >= 11 is 0. The zero-order valence-electron chi connectivity index (χ0n) is 8.29. The van der Waals surface area contributed by atoms with Crippen molar-refractivity contribution in [2.75, 3.05) is 0 Å². The van der Waals surface area contributed by atoms with Crippen LogP contribution in [0.4, 0.5) is 4.39 Å². The van der Waals surface area contributed by atoms with E-state index in [1.807, 2.05) is 6.07 Å². The van der Waals surface area contributed by atoms with Crippen molar-refractivity contribution in [1.82, 2.24) is 0 Å². The molecule has 1 aliphatic rings. The summed E-state index contributed by atoms with van der Waals surface area (Å²) in [6.45, 7) is 0. The highest BCUT2D eigenvalue weighted by Gasteiger charge is 2.39. The Kier molecular flexibility index (Phi) is 1.68. The number of nitrogens with two attached hydrogens (primary N) is 1. The molecule has 0 spiro atoms. The second kappa shape index (κ2) is 2.83. The Balaban J connectivity index is 2.13. The van der Waals surface area contributed by atoms with E-state index >= 15 is 0 Å². The summed E-state index contributed by atoms with van der Waals surface area (Å²) in [5, 5.41) is 0.940. The van der Waals surface area contributed by atoms with Crippen LogP contribution >= 0.6 is 0 Å². The van der Waals surface area contributed by atoms with Gasteiger partial charge in [0.1, 0.15) is 11.4 Å². The van der Waals surface area contributed by atoms with E-state index in [1.165, 1.54) is 6.07 Å². The third-order valence-electron chi connectivity index (χ3n) is 3.09. The minimum atomic E-state index is -0.214. The average Bonchev–Trinajstić information content (AvgIpc) is 2.78. The van der Waals surface area contributed by atoms with Crippen LogP contribution < -0.4 is 5.73 Å². The molecule has 0 unspecified atom stereocenters. The Labute approximate surface area is 86.9 Å². The largest absolute Gasteiger partial charge is 0.464 e. The minimum absolute atomic E-state index is 0.193. The van der Waals surface area contributed by atoms with Gasteiger partial charge >= 0.3 is 0 Å². The van der Waals surface area contributed by atoms with Crippen molar-refractivity contribution in [3.63, 3.8) is 0 Å². The maximum atomic E-state index is 13.6. The molecule has 2 aromatic rings. The van der Waals surface area contributed by atoms with Crippen LogP contribution in [0.3, 0.4) is 0 Å². The highest BCUT2D eigenvalue weighted by Crippen LogP contribution is 2.38. The Morgan fingerprint density at radius 2 is 2.13 bits per heavy atom. The molecule has 78 valence electrons. The van der Waals surface area contributed by atoms with Gasteiger partial charge < -0.3 is 10.2 Å². The lowest BCUT2D eigenvalue weighted by atomic mass is 10.0. The summed E-state index contributed by atoms with van der Waals surface area (Å²) in [7, 11) is 0. The Bertz CT molecular complexity index is 513. The molecule has 3 rings (SSSR count). The van der Waals surface area contributed by atoms with E-state index in [1.54, 1.807) is 12.3 Å². The molecule has 1 heterocycles. The van der Waals surface area contributed by atoms with Gasteiger partial charge in [0.05, 0.1) is 6.26 Å². The summed E-state index contributed by atoms with van der Waals surface area (Å²) in [5.41, 5.74) is 7.07. The lowest BCUT2D eigenvalue weighted by Crippen LogP contribution is -2.25. The van der Waals surface area contributed by atoms with Crippen molar-refractivity contribution in [1.29, 1.82) is 0 Å². The predicted octanol–water partition coefficient (Wildman–Crippen LogP) is 2.61. The number of benzene rings is 1. The van der Waals surface area contributed by atoms with Crippen LogP contribution in [-0.2, 0) is 6.42 Å². The lowest BCUT2D eigenvalue weighted by Gasteiger charge is -2.09. The van der Waals surface area contributed by atoms with E-state index < -0.39 is 0 Å². The first-order valence-corrected chi connectivity index (χ1v) is 5.11. The second-order valence-corrected chi connectivity index (χ2v) is 4.40. The van der Waals surface area contributed by atoms with Crippen molar-refractivity contribution in [3.8, 4) is 0 Å². The number of hydrogen-bond acceptors (Lipinski definition) is 2. The summed E-state index contributed by atoms with van der Waals surface area (Å²) in [4.78, 5) is 0. The van der Waals surface area contributed by atoms with Gasteiger partial charge in [-0.2, -0.15) is 0 Å². The van der Waals surface area contributed by atoms with Crippen molar-refractivity contribution in [3.05, 3.63) is 35.8 Å². The van der Waals surface area contributed by atoms with Crippen molar-refractivity contribution in [2.24, 2.45) is 5.73 Å². The molecule has 1 aromatic heterocycles. The Morgan fingerprint density at radius 1 is 1.33 bits per heavy atom. The van der Waals surface area contributed by atoms with Crippen LogP contribution in [-0.4, -0.2) is 5.54 Å². The van der Waals surface area contributed by atoms with Gasteiger partial charge in [-0.25, -0.2) is 4.39 Å². The fourth-order valence-electron chi connectivity index (χ4n) is 1.92. The molecule has 0 amide bonds. The smallest absolute Gasteiger partial charge is 0.140 e. The number of fused-ring (bicyclic) bond motifs is 1. The second-order valence-electron chi connectivity index (χ2n) is 4.40. The highest BCUT2D eigenvalue weighted by atomic mass is 19.1. The normalized spacial score (nSPS) is 18.3. The van der Waals surface area contributed by atoms with Gasteiger partial charge in [0.25, 0.3) is 0 Å². The maximum absolute atomic E-state index is 13.6. The Morgan fingerprint density at radius 3 is 2.87 bits per heavy atom. The molecule has 3 heteroatoms. The first kappa shape index (κ1) is 8.92. The SMILES string of the molecule is NC1(Cc2c(F)ccc3ccoc23)CC1. The Hall–Kier alpha value is -1.35. The summed E-state index contributed by atoms with van der Waals surface area (Å²) in [6, 6.07) is 5.06. The standard InChI is InChI=1S/C12H12FNO/c13-10-2-1-8-3-6-15-11(8)9(10)7-12(14)4-5-12/h1-3,6H,4-5,7,14H2. The van der Waals surface area contributed by atoms with Gasteiger partial charge in [-0.05, 0) is 37.5 Å². The molecule has 15 heavy (non-hydrogen) atoms. The van der Waals surface area contributed by atoms with Crippen molar-refractivity contribution < 1.29 is 8.81 Å². The maximum Gasteiger partial charge on any atom is 0.140 e. The molecular weight excluding hydrogens is 193 g/mol. The van der Waals surface area contributed by atoms with Crippen LogP contribution in [0.1, 0.15) is 18.4 Å². The number of halogens is 1. The molecule has 1 fully saturated rings. The molecule has 0 aliphatic heterocycles. The molecular formula is C12H12FNO. The fourth-order valence-corrected chi connectivity index (χ4v) is 1.92. The van der Waals surface area contributed by atoms with E-state index in [0.29, 0.717) is 17.6 Å². The molecule has 0 atom stereocenters. The van der Waals surface area contributed by atoms with Gasteiger partial charge in [-0.3, -0.25) is 0 Å². The molecule has 1 aromatic carbocycles. The third-order valence-corrected chi connectivity index (χ3v) is 3.09. The van der Waals surface area contributed by atoms with Crippen LogP contribution in [0.25, 0.3) is 11.0 Å². The van der Waals surface area contributed by atoms with Gasteiger partial charge in [0.15, 0.2) is 0 Å². The van der Waals surface area contributed by atoms with Gasteiger partial charge in [0, 0.05) is 16.5 Å². The third kappa shape index (κ3) is 1.43. The minimum Gasteiger partial charge on any atom is -0.464 e. The highest BCUT2D eigenvalue weighted by molar-refractivity contribution is 5.80. The first-order valence-electron chi connectivity index (χ1n) is 5.11. The zero-order chi connectivity index (χ0) is 10.5. The average molecular weight is 205 g/mol. The van der Waals surface area contributed by atoms with Crippen molar-refractivity contribution in [2.45, 2.75) is 24.8 Å². The first-order chi connectivity index (χ1) is 7.18. The molecule has 0 radical (unpaired) electrons. The van der Waals surface area contributed by atoms with Gasteiger partial charge in [-0.1, -0.05) is 0 Å². The summed E-state index contributed by atoms with van der Waals surface area (Å²) < 4.78 is 18.9. The number of furan rings is 1. The summed E-state index contributed by atoms with van der Waals surface area (Å²) in [6.07, 6.45) is 4.11. The van der Waals surface area contributed by atoms with Crippen LogP contribution in [0.15, 0.2) is 28.9 Å². The number of rotatable bonds is 2. The number of hydrogen-bond donors (Lipinski definition) is 1. The topological polar surface area (TPSA) is 39.2 Å². The fraction of sp³-hybridized carbons (Fsp3) is 0.333. The van der Waals surface area contributed by atoms with E-state index in [9.17, 15) is 4.39 Å². The van der Waals surface area contributed by atoms with Crippen LogP contribution in [0.5, 0.6) is 0 Å². The van der Waals surface area contributed by atoms with E-state index in [2.05, 4.69) is 0 Å². The van der Waals surface area contributed by atoms with Gasteiger partial charge in [0.2, 0.25) is 0 Å². The van der Waals surface area contributed by atoms with Crippen LogP contribution in [0.2, 0.25) is 0 Å². The quantitative estimate of drug-likeness (QED) is 0.818. The zero-order valence-corrected chi connectivity index (χ0v) is 8.29. The summed E-state index contributed by atoms with van der Waals surface area (Å²) in [5.74, 6) is -0.214. The molecule has 1 saturated carbocycles. The van der Waals surface area contributed by atoms with Crippen LogP contribution in [0, 0.1) is 5.82 Å². The molecule has 0 bridgehead atoms. The lowest BCUT2D eigenvalue weighted by molar-refractivity contribution is 0.561. The molecule has 2 nitrogen and oxygen atoms in total. The van der Waals surface area contributed by atoms with E-state index in [4.69, 9.17) is 10.2 Å². The van der Waals surface area contributed by atoms with E-state index in [0.717, 1.165) is 18.2 Å². The molecule has 0 saturated heterocycles. The van der Waals surface area contributed by atoms with E-state index in [-0.39, 0.29) is 11.4 Å². The molecule has 2 N–H and O–H groups in total. The predicted molar refractivity (Wildman–Crippen MR) is 56.0 cm³/mol. The monoisotopic (exact) mass is 205 g/mol.